The molecule has 112 valence electrons. The first-order valence-corrected chi connectivity index (χ1v) is 7.57. The summed E-state index contributed by atoms with van der Waals surface area (Å²) in [6, 6.07) is 3.69. The number of aryl methyl sites for hydroxylation is 4. The van der Waals surface area contributed by atoms with Gasteiger partial charge in [-0.15, -0.1) is 0 Å². The average molecular weight is 306 g/mol. The van der Waals surface area contributed by atoms with Crippen molar-refractivity contribution in [2.24, 2.45) is 0 Å². The van der Waals surface area contributed by atoms with E-state index in [1.54, 1.807) is 0 Å². The Morgan fingerprint density at radius 3 is 2.57 bits per heavy atom. The number of hydrogen-bond donors (Lipinski definition) is 0. The summed E-state index contributed by atoms with van der Waals surface area (Å²) in [6.45, 7) is 8.48. The van der Waals surface area contributed by atoms with E-state index in [0.717, 1.165) is 29.2 Å². The summed E-state index contributed by atoms with van der Waals surface area (Å²) >= 11 is 6.35. The molecule has 0 unspecified atom stereocenters. The van der Waals surface area contributed by atoms with E-state index in [9.17, 15) is 4.79 Å². The Morgan fingerprint density at radius 1 is 1.29 bits per heavy atom. The highest BCUT2D eigenvalue weighted by Gasteiger charge is 2.19. The van der Waals surface area contributed by atoms with E-state index in [0.29, 0.717) is 17.1 Å². The van der Waals surface area contributed by atoms with Gasteiger partial charge in [0.25, 0.3) is 0 Å². The molecule has 0 spiro atoms. The standard InChI is InChI=1S/C16H20ClN3O/c1-5-13-16(17)14(20(6-2)19-13)9-15(21)12-8-7-10(3)18-11(12)4/h7-8H,5-6,9H2,1-4H3. The molecular formula is C16H20ClN3O. The molecule has 0 saturated carbocycles. The number of hydrogen-bond acceptors (Lipinski definition) is 3. The molecule has 0 aliphatic carbocycles. The lowest BCUT2D eigenvalue weighted by molar-refractivity contribution is 0.0989. The zero-order valence-electron chi connectivity index (χ0n) is 12.9. The van der Waals surface area contributed by atoms with Crippen molar-refractivity contribution >= 4 is 17.4 Å². The van der Waals surface area contributed by atoms with E-state index >= 15 is 0 Å². The second-order valence-electron chi connectivity index (χ2n) is 5.06. The first kappa shape index (κ1) is 15.7. The van der Waals surface area contributed by atoms with Gasteiger partial charge in [0.2, 0.25) is 0 Å². The number of carbonyl (C=O) groups excluding carboxylic acids is 1. The highest BCUT2D eigenvalue weighted by atomic mass is 35.5. The quantitative estimate of drug-likeness (QED) is 0.794. The molecule has 0 fully saturated rings. The summed E-state index contributed by atoms with van der Waals surface area (Å²) in [7, 11) is 0. The predicted octanol–water partition coefficient (Wildman–Crippen LogP) is 3.56. The second-order valence-corrected chi connectivity index (χ2v) is 5.44. The topological polar surface area (TPSA) is 47.8 Å². The zero-order chi connectivity index (χ0) is 15.6. The first-order chi connectivity index (χ1) is 9.97. The van der Waals surface area contributed by atoms with Crippen molar-refractivity contribution in [3.05, 3.63) is 45.5 Å². The van der Waals surface area contributed by atoms with E-state index in [1.165, 1.54) is 0 Å². The number of halogens is 1. The van der Waals surface area contributed by atoms with Crippen LogP contribution in [-0.4, -0.2) is 20.5 Å². The molecule has 21 heavy (non-hydrogen) atoms. The third-order valence-corrected chi connectivity index (χ3v) is 3.98. The summed E-state index contributed by atoms with van der Waals surface area (Å²) in [4.78, 5) is 16.9. The predicted molar refractivity (Wildman–Crippen MR) is 84.0 cm³/mol. The van der Waals surface area contributed by atoms with Crippen LogP contribution in [0.15, 0.2) is 12.1 Å². The number of Topliss-reactive ketones (excluding diaryl/α,β-unsaturated/α-hetero) is 1. The fourth-order valence-corrected chi connectivity index (χ4v) is 2.75. The van der Waals surface area contributed by atoms with Crippen molar-refractivity contribution in [2.45, 2.75) is 47.1 Å². The van der Waals surface area contributed by atoms with Crippen LogP contribution in [-0.2, 0) is 19.4 Å². The third kappa shape index (κ3) is 3.16. The van der Waals surface area contributed by atoms with Gasteiger partial charge >= 0.3 is 0 Å². The smallest absolute Gasteiger partial charge is 0.170 e. The molecule has 2 rings (SSSR count). The molecule has 5 heteroatoms. The Kier molecular flexibility index (Phi) is 4.78. The van der Waals surface area contributed by atoms with Gasteiger partial charge in [-0.1, -0.05) is 18.5 Å². The lowest BCUT2D eigenvalue weighted by atomic mass is 10.0. The Bertz CT molecular complexity index is 676. The maximum absolute atomic E-state index is 12.5. The van der Waals surface area contributed by atoms with Crippen molar-refractivity contribution in [1.29, 1.82) is 0 Å². The lowest BCUT2D eigenvalue weighted by Gasteiger charge is -2.07. The van der Waals surface area contributed by atoms with Crippen LogP contribution < -0.4 is 0 Å². The molecule has 4 nitrogen and oxygen atoms in total. The van der Waals surface area contributed by atoms with Crippen molar-refractivity contribution in [3.63, 3.8) is 0 Å². The van der Waals surface area contributed by atoms with E-state index in [4.69, 9.17) is 11.6 Å². The average Bonchev–Trinajstić information content (AvgIpc) is 2.75. The Morgan fingerprint density at radius 2 is 2.00 bits per heavy atom. The van der Waals surface area contributed by atoms with Crippen molar-refractivity contribution in [2.75, 3.05) is 0 Å². The van der Waals surface area contributed by atoms with Gasteiger partial charge in [-0.3, -0.25) is 14.5 Å². The molecule has 0 saturated heterocycles. The maximum atomic E-state index is 12.5. The minimum atomic E-state index is 0.0270. The van der Waals surface area contributed by atoms with Gasteiger partial charge in [0, 0.05) is 23.5 Å². The van der Waals surface area contributed by atoms with Gasteiger partial charge in [0.15, 0.2) is 5.78 Å². The van der Waals surface area contributed by atoms with Gasteiger partial charge in [-0.25, -0.2) is 0 Å². The number of nitrogens with zero attached hydrogens (tertiary/aromatic N) is 3. The van der Waals surface area contributed by atoms with Crippen molar-refractivity contribution < 1.29 is 4.79 Å². The largest absolute Gasteiger partial charge is 0.294 e. The highest BCUT2D eigenvalue weighted by Crippen LogP contribution is 2.23. The second kappa shape index (κ2) is 6.39. The van der Waals surface area contributed by atoms with Crippen LogP contribution in [0.25, 0.3) is 0 Å². The SMILES string of the molecule is CCc1nn(CC)c(CC(=O)c2ccc(C)nc2C)c1Cl. The summed E-state index contributed by atoms with van der Waals surface area (Å²) in [5.41, 5.74) is 3.96. The van der Waals surface area contributed by atoms with E-state index in [2.05, 4.69) is 10.1 Å². The number of ketones is 1. The van der Waals surface area contributed by atoms with Crippen LogP contribution in [0.4, 0.5) is 0 Å². The summed E-state index contributed by atoms with van der Waals surface area (Å²) in [5.74, 6) is 0.0270. The van der Waals surface area contributed by atoms with E-state index < -0.39 is 0 Å². The van der Waals surface area contributed by atoms with Gasteiger partial charge in [0.05, 0.1) is 22.8 Å². The van der Waals surface area contributed by atoms with Gasteiger partial charge in [-0.05, 0) is 39.3 Å². The Hall–Kier alpha value is -1.68. The molecular weight excluding hydrogens is 286 g/mol. The molecule has 2 aromatic heterocycles. The van der Waals surface area contributed by atoms with Gasteiger partial charge in [0.1, 0.15) is 0 Å². The minimum Gasteiger partial charge on any atom is -0.294 e. The van der Waals surface area contributed by atoms with E-state index in [-0.39, 0.29) is 12.2 Å². The molecule has 0 aliphatic rings. The minimum absolute atomic E-state index is 0.0270. The van der Waals surface area contributed by atoms with Crippen molar-refractivity contribution in [3.8, 4) is 0 Å². The maximum Gasteiger partial charge on any atom is 0.170 e. The van der Waals surface area contributed by atoms with Crippen LogP contribution >= 0.6 is 11.6 Å². The molecule has 0 atom stereocenters. The molecule has 0 amide bonds. The molecule has 2 heterocycles. The van der Waals surface area contributed by atoms with Gasteiger partial charge < -0.3 is 0 Å². The summed E-state index contributed by atoms with van der Waals surface area (Å²) in [6.07, 6.45) is 1.02. The Labute approximate surface area is 130 Å². The van der Waals surface area contributed by atoms with Crippen LogP contribution in [0.1, 0.15) is 47.0 Å². The molecule has 0 bridgehead atoms. The zero-order valence-corrected chi connectivity index (χ0v) is 13.7. The number of carbonyl (C=O) groups is 1. The monoisotopic (exact) mass is 305 g/mol. The van der Waals surface area contributed by atoms with Gasteiger partial charge in [-0.2, -0.15) is 5.10 Å². The van der Waals surface area contributed by atoms with Crippen LogP contribution in [0.5, 0.6) is 0 Å². The fraction of sp³-hybridized carbons (Fsp3) is 0.438. The van der Waals surface area contributed by atoms with Crippen LogP contribution in [0.3, 0.4) is 0 Å². The first-order valence-electron chi connectivity index (χ1n) is 7.19. The van der Waals surface area contributed by atoms with E-state index in [1.807, 2.05) is 44.5 Å². The molecule has 0 radical (unpaired) electrons. The number of rotatable bonds is 5. The molecule has 0 aliphatic heterocycles. The third-order valence-electron chi connectivity index (χ3n) is 3.55. The molecule has 0 N–H and O–H groups in total. The highest BCUT2D eigenvalue weighted by molar-refractivity contribution is 6.32. The van der Waals surface area contributed by atoms with Crippen molar-refractivity contribution in [1.82, 2.24) is 14.8 Å². The number of aromatic nitrogens is 3. The molecule has 2 aromatic rings. The summed E-state index contributed by atoms with van der Waals surface area (Å²) in [5, 5.41) is 5.06. The van der Waals surface area contributed by atoms with Crippen LogP contribution in [0, 0.1) is 13.8 Å². The fourth-order valence-electron chi connectivity index (χ4n) is 2.41. The Balaban J connectivity index is 2.33. The molecule has 0 aromatic carbocycles. The number of pyridine rings is 1. The normalized spacial score (nSPS) is 10.9. The summed E-state index contributed by atoms with van der Waals surface area (Å²) < 4.78 is 1.82. The lowest BCUT2D eigenvalue weighted by Crippen LogP contribution is -2.12. The van der Waals surface area contributed by atoms with Crippen LogP contribution in [0.2, 0.25) is 5.02 Å².